The van der Waals surface area contributed by atoms with Gasteiger partial charge in [0.15, 0.2) is 0 Å². The van der Waals surface area contributed by atoms with Crippen LogP contribution in [0.3, 0.4) is 0 Å². The normalized spacial score (nSPS) is 13.5. The summed E-state index contributed by atoms with van der Waals surface area (Å²) in [6, 6.07) is 64.8. The minimum Gasteiger partial charge on any atom is -0.375 e. The standard InChI is InChI=1S/C63H58BN3/c1-39-21-17-18-26-46(39)60-57(40-22-13-11-14-23-40)51-35-42(62(5,6)7)34-50-49-33-43(63(8,9)10)36-56-58(49)64(67(60)59(50)51)52-37-48-47-27-19-20-28-53(47)65(44-24-15-12-16-25-44)54(48)38-55(52)66(56)45-31-29-41(30-32-45)61(2,3)4/h11-38H,1-10H3. The van der Waals surface area contributed by atoms with Crippen molar-refractivity contribution in [1.29, 1.82) is 0 Å². The average molecular weight is 868 g/mol. The van der Waals surface area contributed by atoms with Gasteiger partial charge in [-0.25, -0.2) is 0 Å². The van der Waals surface area contributed by atoms with Gasteiger partial charge in [-0.05, 0) is 122 Å². The van der Waals surface area contributed by atoms with E-state index in [4.69, 9.17) is 0 Å². The molecule has 0 unspecified atom stereocenters. The average Bonchev–Trinajstić information content (AvgIpc) is 3.82. The fraction of sp³-hybridized carbons (Fsp3) is 0.206. The molecule has 0 spiro atoms. The lowest BCUT2D eigenvalue weighted by molar-refractivity contribution is 0.589. The Kier molecular flexibility index (Phi) is 8.95. The first kappa shape index (κ1) is 41.4. The van der Waals surface area contributed by atoms with E-state index >= 15 is 0 Å². The summed E-state index contributed by atoms with van der Waals surface area (Å²) in [5.41, 5.74) is 23.9. The molecule has 2 aliphatic heterocycles. The van der Waals surface area contributed by atoms with Gasteiger partial charge in [0.25, 0.3) is 0 Å². The van der Waals surface area contributed by atoms with E-state index < -0.39 is 0 Å². The van der Waals surface area contributed by atoms with Gasteiger partial charge in [0.05, 0.1) is 11.0 Å². The summed E-state index contributed by atoms with van der Waals surface area (Å²) in [6.07, 6.45) is 0. The Bertz CT molecular complexity index is 3620. The van der Waals surface area contributed by atoms with Gasteiger partial charge in [0.2, 0.25) is 0 Å². The van der Waals surface area contributed by atoms with Gasteiger partial charge in [0.1, 0.15) is 0 Å². The third-order valence-corrected chi connectivity index (χ3v) is 14.9. The molecule has 0 atom stereocenters. The fourth-order valence-corrected chi connectivity index (χ4v) is 11.3. The van der Waals surface area contributed by atoms with Crippen molar-refractivity contribution >= 4 is 67.5 Å². The van der Waals surface area contributed by atoms with E-state index in [1.165, 1.54) is 116 Å². The van der Waals surface area contributed by atoms with E-state index in [1.54, 1.807) is 0 Å². The van der Waals surface area contributed by atoms with E-state index in [0.29, 0.717) is 0 Å². The highest BCUT2D eigenvalue weighted by molar-refractivity contribution is 6.90. The summed E-state index contributed by atoms with van der Waals surface area (Å²) in [6.45, 7) is 23.3. The first-order chi connectivity index (χ1) is 32.1. The lowest BCUT2D eigenvalue weighted by atomic mass is 9.44. The van der Waals surface area contributed by atoms with Crippen LogP contribution >= 0.6 is 0 Å². The molecule has 0 saturated carbocycles. The van der Waals surface area contributed by atoms with Crippen molar-refractivity contribution in [2.75, 3.05) is 4.90 Å². The summed E-state index contributed by atoms with van der Waals surface area (Å²) in [5, 5.41) is 3.83. The summed E-state index contributed by atoms with van der Waals surface area (Å²) in [4.78, 5) is 2.61. The van der Waals surface area contributed by atoms with Crippen LogP contribution in [0.15, 0.2) is 170 Å². The van der Waals surface area contributed by atoms with Crippen molar-refractivity contribution in [3.63, 3.8) is 0 Å². The zero-order valence-electron chi connectivity index (χ0n) is 40.6. The van der Waals surface area contributed by atoms with Crippen LogP contribution in [0.5, 0.6) is 0 Å². The van der Waals surface area contributed by atoms with Crippen molar-refractivity contribution in [3.05, 3.63) is 192 Å². The topological polar surface area (TPSA) is 13.1 Å². The smallest absolute Gasteiger partial charge is 0.333 e. The van der Waals surface area contributed by atoms with Crippen LogP contribution in [0.25, 0.3) is 71.9 Å². The predicted molar refractivity (Wildman–Crippen MR) is 289 cm³/mol. The molecule has 0 N–H and O–H groups in total. The Morgan fingerprint density at radius 1 is 0.433 bits per heavy atom. The van der Waals surface area contributed by atoms with Crippen LogP contribution in [0, 0.1) is 6.92 Å². The van der Waals surface area contributed by atoms with Crippen molar-refractivity contribution in [2.45, 2.75) is 85.5 Å². The quantitative estimate of drug-likeness (QED) is 0.161. The zero-order valence-corrected chi connectivity index (χ0v) is 40.6. The number of fused-ring (bicyclic) bond motifs is 7. The molecular weight excluding hydrogens is 810 g/mol. The van der Waals surface area contributed by atoms with Crippen LogP contribution in [-0.4, -0.2) is 15.9 Å². The molecule has 328 valence electrons. The Labute approximate surface area is 396 Å². The number of aryl methyl sites for hydroxylation is 1. The molecule has 10 aromatic rings. The van der Waals surface area contributed by atoms with Crippen LogP contribution in [0.2, 0.25) is 0 Å². The molecule has 2 aromatic heterocycles. The number of hydrogen-bond donors (Lipinski definition) is 0. The molecule has 12 rings (SSSR count). The van der Waals surface area contributed by atoms with Crippen LogP contribution in [-0.2, 0) is 16.2 Å². The van der Waals surface area contributed by atoms with Gasteiger partial charge < -0.3 is 13.9 Å². The third kappa shape index (κ3) is 6.25. The number of benzene rings is 8. The predicted octanol–water partition coefficient (Wildman–Crippen LogP) is 15.7. The van der Waals surface area contributed by atoms with Gasteiger partial charge in [0, 0.05) is 66.8 Å². The fourth-order valence-electron chi connectivity index (χ4n) is 11.3. The maximum atomic E-state index is 2.78. The molecule has 3 nitrogen and oxygen atoms in total. The van der Waals surface area contributed by atoms with Crippen LogP contribution in [0.1, 0.15) is 84.6 Å². The Morgan fingerprint density at radius 3 is 1.73 bits per heavy atom. The molecule has 0 saturated heterocycles. The highest BCUT2D eigenvalue weighted by Crippen LogP contribution is 2.52. The van der Waals surface area contributed by atoms with Crippen molar-refractivity contribution in [1.82, 2.24) is 9.05 Å². The number of nitrogens with zero attached hydrogens (tertiary/aromatic N) is 3. The molecule has 0 bridgehead atoms. The third-order valence-electron chi connectivity index (χ3n) is 14.9. The van der Waals surface area contributed by atoms with Gasteiger partial charge in [-0.3, -0.25) is 0 Å². The maximum Gasteiger partial charge on any atom is 0.333 e. The highest BCUT2D eigenvalue weighted by atomic mass is 15.2. The molecule has 4 heteroatoms. The summed E-state index contributed by atoms with van der Waals surface area (Å²) < 4.78 is 5.26. The summed E-state index contributed by atoms with van der Waals surface area (Å²) >= 11 is 0. The zero-order chi connectivity index (χ0) is 46.3. The van der Waals surface area contributed by atoms with E-state index in [0.717, 1.165) is 5.69 Å². The Balaban J connectivity index is 1.31. The number of hydrogen-bond acceptors (Lipinski definition) is 1. The largest absolute Gasteiger partial charge is 0.375 e. The molecule has 2 aliphatic rings. The SMILES string of the molecule is Cc1ccccc1-c1c(-c2ccccc2)c2cc(C(C)(C)C)cc3c2n1B1c2cc4c5ccccc5n(-c5ccccc5)c4cc2N(c2ccc(C(C)(C)C)cc2)c2cc(C(C)(C)C)cc-3c21. The number of anilines is 3. The van der Waals surface area contributed by atoms with Gasteiger partial charge in [-0.1, -0.05) is 178 Å². The molecule has 67 heavy (non-hydrogen) atoms. The maximum absolute atomic E-state index is 2.78. The van der Waals surface area contributed by atoms with E-state index in [2.05, 4.69) is 253 Å². The molecular formula is C63H58BN3. The van der Waals surface area contributed by atoms with E-state index in [1.807, 2.05) is 0 Å². The molecule has 0 radical (unpaired) electrons. The monoisotopic (exact) mass is 867 g/mol. The minimum absolute atomic E-state index is 0.0221. The van der Waals surface area contributed by atoms with Crippen LogP contribution in [0.4, 0.5) is 17.1 Å². The number of rotatable bonds is 4. The lowest BCUT2D eigenvalue weighted by Crippen LogP contribution is -2.57. The number of aromatic nitrogens is 2. The summed E-state index contributed by atoms with van der Waals surface area (Å²) in [7, 11) is 0. The van der Waals surface area contributed by atoms with Crippen molar-refractivity contribution in [3.8, 4) is 39.2 Å². The Hall–Kier alpha value is -7.04. The first-order valence-corrected chi connectivity index (χ1v) is 24.1. The molecule has 0 amide bonds. The second-order valence-electron chi connectivity index (χ2n) is 22.3. The van der Waals surface area contributed by atoms with Crippen molar-refractivity contribution in [2.24, 2.45) is 0 Å². The molecule has 0 fully saturated rings. The molecule has 4 heterocycles. The van der Waals surface area contributed by atoms with Crippen LogP contribution < -0.4 is 15.8 Å². The second-order valence-corrected chi connectivity index (χ2v) is 22.3. The van der Waals surface area contributed by atoms with E-state index in [9.17, 15) is 0 Å². The summed E-state index contributed by atoms with van der Waals surface area (Å²) in [5.74, 6) is 0. The highest BCUT2D eigenvalue weighted by Gasteiger charge is 2.46. The van der Waals surface area contributed by atoms with E-state index in [-0.39, 0.29) is 23.1 Å². The van der Waals surface area contributed by atoms with Gasteiger partial charge >= 0.3 is 6.85 Å². The second kappa shape index (κ2) is 14.5. The first-order valence-electron chi connectivity index (χ1n) is 24.1. The van der Waals surface area contributed by atoms with Gasteiger partial charge in [-0.2, -0.15) is 0 Å². The molecule has 8 aromatic carbocycles. The lowest BCUT2D eigenvalue weighted by Gasteiger charge is -2.42. The van der Waals surface area contributed by atoms with Gasteiger partial charge in [-0.15, -0.1) is 0 Å². The number of para-hydroxylation sites is 2. The molecule has 0 aliphatic carbocycles. The Morgan fingerprint density at radius 2 is 1.04 bits per heavy atom. The minimum atomic E-state index is -0.134. The van der Waals surface area contributed by atoms with Crippen molar-refractivity contribution < 1.29 is 0 Å².